The standard InChI is InChI=1S/C14H24O3/c1-3-5-7-8-9-11-13-16-17-14(15)12-10-6-4-2/h3-7,10-13H2,1-2H3. The van der Waals surface area contributed by atoms with E-state index in [0.717, 1.165) is 32.1 Å². The predicted molar refractivity (Wildman–Crippen MR) is 68.1 cm³/mol. The topological polar surface area (TPSA) is 35.5 Å². The third-order valence-electron chi connectivity index (χ3n) is 2.23. The molecule has 0 fully saturated rings. The second kappa shape index (κ2) is 13.1. The van der Waals surface area contributed by atoms with E-state index in [2.05, 4.69) is 30.6 Å². The van der Waals surface area contributed by atoms with E-state index in [4.69, 9.17) is 4.89 Å². The Bertz CT molecular complexity index is 238. The zero-order chi connectivity index (χ0) is 12.8. The van der Waals surface area contributed by atoms with Gasteiger partial charge in [-0.15, -0.1) is 11.8 Å². The average Bonchev–Trinajstić information content (AvgIpc) is 2.33. The third-order valence-corrected chi connectivity index (χ3v) is 2.23. The van der Waals surface area contributed by atoms with E-state index in [-0.39, 0.29) is 5.97 Å². The first-order valence-electron chi connectivity index (χ1n) is 6.59. The summed E-state index contributed by atoms with van der Waals surface area (Å²) in [5.41, 5.74) is 0. The Morgan fingerprint density at radius 2 is 1.71 bits per heavy atom. The number of carbonyl (C=O) groups excluding carboxylic acids is 1. The van der Waals surface area contributed by atoms with E-state index < -0.39 is 0 Å². The lowest BCUT2D eigenvalue weighted by atomic mass is 10.2. The van der Waals surface area contributed by atoms with E-state index in [1.165, 1.54) is 6.42 Å². The Hall–Kier alpha value is -1.01. The van der Waals surface area contributed by atoms with Crippen molar-refractivity contribution in [1.82, 2.24) is 0 Å². The van der Waals surface area contributed by atoms with E-state index in [1.54, 1.807) is 0 Å². The van der Waals surface area contributed by atoms with Crippen molar-refractivity contribution in [3.05, 3.63) is 0 Å². The van der Waals surface area contributed by atoms with E-state index in [0.29, 0.717) is 19.4 Å². The summed E-state index contributed by atoms with van der Waals surface area (Å²) in [7, 11) is 0. The molecule has 0 aliphatic heterocycles. The molecule has 0 saturated carbocycles. The molecule has 3 heteroatoms. The summed E-state index contributed by atoms with van der Waals surface area (Å²) < 4.78 is 0. The van der Waals surface area contributed by atoms with Crippen LogP contribution in [0.25, 0.3) is 0 Å². The Morgan fingerprint density at radius 3 is 2.41 bits per heavy atom. The molecular weight excluding hydrogens is 216 g/mol. The van der Waals surface area contributed by atoms with Crippen LogP contribution in [0.4, 0.5) is 0 Å². The van der Waals surface area contributed by atoms with Crippen molar-refractivity contribution >= 4 is 5.97 Å². The number of carbonyl (C=O) groups is 1. The van der Waals surface area contributed by atoms with Crippen molar-refractivity contribution < 1.29 is 14.6 Å². The maximum atomic E-state index is 11.1. The first-order chi connectivity index (χ1) is 8.31. The molecule has 0 heterocycles. The predicted octanol–water partition coefficient (Wildman–Crippen LogP) is 3.63. The van der Waals surface area contributed by atoms with Crippen LogP contribution in [0.1, 0.15) is 65.2 Å². The van der Waals surface area contributed by atoms with Crippen LogP contribution in [-0.2, 0) is 14.6 Å². The summed E-state index contributed by atoms with van der Waals surface area (Å²) in [6, 6.07) is 0. The molecule has 0 aromatic carbocycles. The number of hydrogen-bond donors (Lipinski definition) is 0. The highest BCUT2D eigenvalue weighted by atomic mass is 17.2. The van der Waals surface area contributed by atoms with Crippen LogP contribution in [0.15, 0.2) is 0 Å². The first kappa shape index (κ1) is 16.0. The summed E-state index contributed by atoms with van der Waals surface area (Å²) in [4.78, 5) is 20.5. The molecule has 0 amide bonds. The average molecular weight is 240 g/mol. The van der Waals surface area contributed by atoms with Crippen molar-refractivity contribution in [2.24, 2.45) is 0 Å². The Labute approximate surface area is 105 Å². The van der Waals surface area contributed by atoms with Gasteiger partial charge in [-0.2, -0.15) is 4.89 Å². The van der Waals surface area contributed by atoms with E-state index in [1.807, 2.05) is 0 Å². The normalized spacial score (nSPS) is 9.53. The molecular formula is C14H24O3. The summed E-state index contributed by atoms with van der Waals surface area (Å²) in [5.74, 6) is 5.75. The highest BCUT2D eigenvalue weighted by molar-refractivity contribution is 5.68. The fourth-order valence-electron chi connectivity index (χ4n) is 1.20. The number of hydrogen-bond acceptors (Lipinski definition) is 3. The number of unbranched alkanes of at least 4 members (excludes halogenated alkanes) is 4. The Kier molecular flexibility index (Phi) is 12.3. The second-order valence-corrected chi connectivity index (χ2v) is 3.94. The van der Waals surface area contributed by atoms with Gasteiger partial charge in [-0.3, -0.25) is 4.89 Å². The monoisotopic (exact) mass is 240 g/mol. The largest absolute Gasteiger partial charge is 0.342 e. The Morgan fingerprint density at radius 1 is 1.00 bits per heavy atom. The third kappa shape index (κ3) is 12.9. The molecule has 98 valence electrons. The van der Waals surface area contributed by atoms with Gasteiger partial charge in [0.15, 0.2) is 0 Å². The lowest BCUT2D eigenvalue weighted by molar-refractivity contribution is -0.271. The molecule has 0 aromatic rings. The van der Waals surface area contributed by atoms with Crippen LogP contribution in [0, 0.1) is 11.8 Å². The van der Waals surface area contributed by atoms with Gasteiger partial charge < -0.3 is 0 Å². The molecule has 0 unspecified atom stereocenters. The molecule has 0 spiro atoms. The highest BCUT2D eigenvalue weighted by Gasteiger charge is 2.02. The van der Waals surface area contributed by atoms with Gasteiger partial charge in [0.2, 0.25) is 0 Å². The molecule has 0 rings (SSSR count). The molecule has 17 heavy (non-hydrogen) atoms. The minimum absolute atomic E-state index is 0.280. The molecule has 0 saturated heterocycles. The molecule has 3 nitrogen and oxygen atoms in total. The van der Waals surface area contributed by atoms with E-state index in [9.17, 15) is 4.79 Å². The van der Waals surface area contributed by atoms with E-state index >= 15 is 0 Å². The van der Waals surface area contributed by atoms with Gasteiger partial charge in [0, 0.05) is 19.3 Å². The summed E-state index contributed by atoms with van der Waals surface area (Å²) in [6.07, 6.45) is 7.32. The van der Waals surface area contributed by atoms with Gasteiger partial charge in [0.05, 0.1) is 0 Å². The van der Waals surface area contributed by atoms with Gasteiger partial charge in [-0.25, -0.2) is 4.79 Å². The maximum absolute atomic E-state index is 11.1. The van der Waals surface area contributed by atoms with Crippen molar-refractivity contribution in [2.45, 2.75) is 65.2 Å². The lowest BCUT2D eigenvalue weighted by Gasteiger charge is -2.01. The fourth-order valence-corrected chi connectivity index (χ4v) is 1.20. The minimum Gasteiger partial charge on any atom is -0.298 e. The molecule has 0 atom stereocenters. The molecule has 0 N–H and O–H groups in total. The van der Waals surface area contributed by atoms with Crippen LogP contribution in [0.3, 0.4) is 0 Å². The van der Waals surface area contributed by atoms with Crippen LogP contribution >= 0.6 is 0 Å². The van der Waals surface area contributed by atoms with Gasteiger partial charge in [-0.05, 0) is 12.8 Å². The van der Waals surface area contributed by atoms with Crippen LogP contribution in [0.5, 0.6) is 0 Å². The molecule has 0 radical (unpaired) electrons. The van der Waals surface area contributed by atoms with Crippen LogP contribution < -0.4 is 0 Å². The second-order valence-electron chi connectivity index (χ2n) is 3.94. The minimum atomic E-state index is -0.280. The van der Waals surface area contributed by atoms with Crippen molar-refractivity contribution in [2.75, 3.05) is 6.61 Å². The SMILES string of the molecule is CCCCC#CCCOOC(=O)CCCCC. The lowest BCUT2D eigenvalue weighted by Crippen LogP contribution is -2.05. The maximum Gasteiger partial charge on any atom is 0.342 e. The summed E-state index contributed by atoms with van der Waals surface area (Å²) >= 11 is 0. The molecule has 0 aliphatic rings. The first-order valence-corrected chi connectivity index (χ1v) is 6.59. The van der Waals surface area contributed by atoms with Crippen molar-refractivity contribution in [3.8, 4) is 11.8 Å². The zero-order valence-corrected chi connectivity index (χ0v) is 11.1. The van der Waals surface area contributed by atoms with Gasteiger partial charge in [0.25, 0.3) is 0 Å². The Balaban J connectivity index is 3.26. The van der Waals surface area contributed by atoms with Gasteiger partial charge in [0.1, 0.15) is 6.61 Å². The van der Waals surface area contributed by atoms with Crippen molar-refractivity contribution in [3.63, 3.8) is 0 Å². The van der Waals surface area contributed by atoms with Crippen LogP contribution in [-0.4, -0.2) is 12.6 Å². The van der Waals surface area contributed by atoms with Crippen LogP contribution in [0.2, 0.25) is 0 Å². The van der Waals surface area contributed by atoms with Crippen molar-refractivity contribution in [1.29, 1.82) is 0 Å². The fraction of sp³-hybridized carbons (Fsp3) is 0.786. The zero-order valence-electron chi connectivity index (χ0n) is 11.1. The highest BCUT2D eigenvalue weighted by Crippen LogP contribution is 2.00. The summed E-state index contributed by atoms with van der Waals surface area (Å²) in [5, 5.41) is 0. The van der Waals surface area contributed by atoms with Gasteiger partial charge in [-0.1, -0.05) is 33.1 Å². The number of rotatable bonds is 9. The quantitative estimate of drug-likeness (QED) is 0.267. The molecule has 0 bridgehead atoms. The van der Waals surface area contributed by atoms with Gasteiger partial charge >= 0.3 is 5.97 Å². The molecule has 0 aliphatic carbocycles. The smallest absolute Gasteiger partial charge is 0.298 e. The molecule has 0 aromatic heterocycles. The summed E-state index contributed by atoms with van der Waals surface area (Å²) in [6.45, 7) is 4.60.